The molecular formula is C12H17N3O5S. The van der Waals surface area contributed by atoms with Crippen molar-refractivity contribution in [3.05, 3.63) is 28.3 Å². The number of nitro groups is 1. The van der Waals surface area contributed by atoms with Crippen LogP contribution < -0.4 is 10.5 Å². The molecule has 0 amide bonds. The summed E-state index contributed by atoms with van der Waals surface area (Å²) >= 11 is 0. The Balaban J connectivity index is 2.47. The molecule has 0 bridgehead atoms. The van der Waals surface area contributed by atoms with Gasteiger partial charge in [-0.25, -0.2) is 8.42 Å². The Kier molecular flexibility index (Phi) is 4.17. The van der Waals surface area contributed by atoms with Crippen LogP contribution in [0.25, 0.3) is 0 Å². The third-order valence-electron chi connectivity index (χ3n) is 3.70. The molecule has 1 aromatic carbocycles. The molecule has 9 heteroatoms. The molecule has 2 unspecified atom stereocenters. The van der Waals surface area contributed by atoms with Gasteiger partial charge < -0.3 is 10.5 Å². The Morgan fingerprint density at radius 1 is 1.48 bits per heavy atom. The van der Waals surface area contributed by atoms with Gasteiger partial charge in [0, 0.05) is 24.7 Å². The van der Waals surface area contributed by atoms with Crippen LogP contribution in [0.15, 0.2) is 23.1 Å². The minimum absolute atomic E-state index is 0.0446. The lowest BCUT2D eigenvalue weighted by Crippen LogP contribution is -2.40. The van der Waals surface area contributed by atoms with Crippen LogP contribution in [0.2, 0.25) is 0 Å². The summed E-state index contributed by atoms with van der Waals surface area (Å²) in [4.78, 5) is 10.1. The summed E-state index contributed by atoms with van der Waals surface area (Å²) in [7, 11) is -2.53. The van der Waals surface area contributed by atoms with Gasteiger partial charge in [-0.15, -0.1) is 0 Å². The predicted molar refractivity (Wildman–Crippen MR) is 75.6 cm³/mol. The largest absolute Gasteiger partial charge is 0.495 e. The van der Waals surface area contributed by atoms with E-state index in [0.717, 1.165) is 12.1 Å². The molecule has 116 valence electrons. The van der Waals surface area contributed by atoms with E-state index < -0.39 is 14.9 Å². The van der Waals surface area contributed by atoms with Crippen molar-refractivity contribution >= 4 is 15.7 Å². The Bertz CT molecular complexity index is 661. The summed E-state index contributed by atoms with van der Waals surface area (Å²) in [5, 5.41) is 10.8. The monoisotopic (exact) mass is 315 g/mol. The summed E-state index contributed by atoms with van der Waals surface area (Å²) in [6.45, 7) is 2.07. The van der Waals surface area contributed by atoms with Crippen LogP contribution in [-0.2, 0) is 10.0 Å². The first kappa shape index (κ1) is 15.7. The third kappa shape index (κ3) is 2.71. The molecule has 0 radical (unpaired) electrons. The number of rotatable bonds is 4. The summed E-state index contributed by atoms with van der Waals surface area (Å²) in [6, 6.07) is 2.91. The molecule has 0 spiro atoms. The van der Waals surface area contributed by atoms with Crippen molar-refractivity contribution in [2.24, 2.45) is 5.73 Å². The number of hydrogen-bond acceptors (Lipinski definition) is 6. The second kappa shape index (κ2) is 5.58. The first-order chi connectivity index (χ1) is 9.78. The van der Waals surface area contributed by atoms with Crippen molar-refractivity contribution in [1.29, 1.82) is 0 Å². The average Bonchev–Trinajstić information content (AvgIpc) is 2.78. The van der Waals surface area contributed by atoms with Crippen LogP contribution in [0.3, 0.4) is 0 Å². The Morgan fingerprint density at radius 2 is 2.14 bits per heavy atom. The molecule has 8 nitrogen and oxygen atoms in total. The average molecular weight is 315 g/mol. The van der Waals surface area contributed by atoms with Gasteiger partial charge in [0.1, 0.15) is 10.6 Å². The highest BCUT2D eigenvalue weighted by Crippen LogP contribution is 2.33. The molecule has 1 saturated heterocycles. The SMILES string of the molecule is COc1cc([N+](=O)[O-])ccc1S(=O)(=O)N1CCC(N)C1C. The quantitative estimate of drug-likeness (QED) is 0.646. The maximum Gasteiger partial charge on any atom is 0.273 e. The maximum absolute atomic E-state index is 12.7. The van der Waals surface area contributed by atoms with Gasteiger partial charge in [-0.1, -0.05) is 0 Å². The molecule has 1 aliphatic rings. The van der Waals surface area contributed by atoms with E-state index in [2.05, 4.69) is 0 Å². The predicted octanol–water partition coefficient (Wildman–Crippen LogP) is 0.714. The van der Waals surface area contributed by atoms with Crippen molar-refractivity contribution in [2.75, 3.05) is 13.7 Å². The fourth-order valence-electron chi connectivity index (χ4n) is 2.38. The molecule has 0 aromatic heterocycles. The number of sulfonamides is 1. The first-order valence-electron chi connectivity index (χ1n) is 6.39. The van der Waals surface area contributed by atoms with E-state index in [9.17, 15) is 18.5 Å². The summed E-state index contributed by atoms with van der Waals surface area (Å²) in [6.07, 6.45) is 0.579. The Morgan fingerprint density at radius 3 is 2.62 bits per heavy atom. The van der Waals surface area contributed by atoms with Gasteiger partial charge >= 0.3 is 0 Å². The number of methoxy groups -OCH3 is 1. The molecular weight excluding hydrogens is 298 g/mol. The van der Waals surface area contributed by atoms with Crippen molar-refractivity contribution in [2.45, 2.75) is 30.3 Å². The van der Waals surface area contributed by atoms with Gasteiger partial charge in [0.15, 0.2) is 0 Å². The number of nitrogens with zero attached hydrogens (tertiary/aromatic N) is 2. The summed E-state index contributed by atoms with van der Waals surface area (Å²) in [5.41, 5.74) is 5.63. The van der Waals surface area contributed by atoms with Crippen molar-refractivity contribution in [3.8, 4) is 5.75 Å². The fraction of sp³-hybridized carbons (Fsp3) is 0.500. The highest BCUT2D eigenvalue weighted by atomic mass is 32.2. The van der Waals surface area contributed by atoms with Crippen LogP contribution in [0.1, 0.15) is 13.3 Å². The van der Waals surface area contributed by atoms with Crippen molar-refractivity contribution < 1.29 is 18.1 Å². The number of benzene rings is 1. The smallest absolute Gasteiger partial charge is 0.273 e. The second-order valence-electron chi connectivity index (χ2n) is 4.90. The van der Waals surface area contributed by atoms with E-state index in [4.69, 9.17) is 10.5 Å². The first-order valence-corrected chi connectivity index (χ1v) is 7.83. The van der Waals surface area contributed by atoms with Gasteiger partial charge in [0.2, 0.25) is 10.0 Å². The normalized spacial score (nSPS) is 23.2. The lowest BCUT2D eigenvalue weighted by molar-refractivity contribution is -0.385. The highest BCUT2D eigenvalue weighted by Gasteiger charge is 2.38. The van der Waals surface area contributed by atoms with E-state index in [1.54, 1.807) is 6.92 Å². The molecule has 21 heavy (non-hydrogen) atoms. The topological polar surface area (TPSA) is 116 Å². The number of ether oxygens (including phenoxy) is 1. The molecule has 1 aliphatic heterocycles. The van der Waals surface area contributed by atoms with Crippen LogP contribution in [0.4, 0.5) is 5.69 Å². The second-order valence-corrected chi connectivity index (χ2v) is 6.76. The maximum atomic E-state index is 12.7. The minimum atomic E-state index is -3.80. The summed E-state index contributed by atoms with van der Waals surface area (Å²) in [5.74, 6) is -0.0446. The summed E-state index contributed by atoms with van der Waals surface area (Å²) < 4.78 is 31.7. The molecule has 1 heterocycles. The Hall–Kier alpha value is -1.71. The van der Waals surface area contributed by atoms with E-state index >= 15 is 0 Å². The van der Waals surface area contributed by atoms with Gasteiger partial charge in [-0.2, -0.15) is 4.31 Å². The number of nitrogens with two attached hydrogens (primary N) is 1. The number of nitro benzene ring substituents is 1. The van der Waals surface area contributed by atoms with Crippen LogP contribution in [0.5, 0.6) is 5.75 Å². The molecule has 1 aromatic rings. The van der Waals surface area contributed by atoms with E-state index in [1.165, 1.54) is 17.5 Å². The molecule has 2 N–H and O–H groups in total. The van der Waals surface area contributed by atoms with Crippen LogP contribution >= 0.6 is 0 Å². The van der Waals surface area contributed by atoms with Gasteiger partial charge in [0.05, 0.1) is 18.1 Å². The van der Waals surface area contributed by atoms with E-state index in [-0.39, 0.29) is 28.4 Å². The van der Waals surface area contributed by atoms with Gasteiger partial charge in [-0.3, -0.25) is 10.1 Å². The number of non-ortho nitro benzene ring substituents is 1. The lowest BCUT2D eigenvalue weighted by atomic mass is 10.2. The van der Waals surface area contributed by atoms with Crippen molar-refractivity contribution in [1.82, 2.24) is 4.31 Å². The van der Waals surface area contributed by atoms with E-state index in [1.807, 2.05) is 0 Å². The fourth-order valence-corrected chi connectivity index (χ4v) is 4.21. The van der Waals surface area contributed by atoms with Crippen LogP contribution in [-0.4, -0.2) is 43.4 Å². The zero-order valence-corrected chi connectivity index (χ0v) is 12.5. The minimum Gasteiger partial charge on any atom is -0.495 e. The molecule has 2 rings (SSSR count). The van der Waals surface area contributed by atoms with Gasteiger partial charge in [-0.05, 0) is 19.4 Å². The zero-order chi connectivity index (χ0) is 15.8. The third-order valence-corrected chi connectivity index (χ3v) is 5.73. The number of hydrogen-bond donors (Lipinski definition) is 1. The molecule has 2 atom stereocenters. The molecule has 0 aliphatic carbocycles. The van der Waals surface area contributed by atoms with Gasteiger partial charge in [0.25, 0.3) is 5.69 Å². The lowest BCUT2D eigenvalue weighted by Gasteiger charge is -2.23. The molecule has 1 fully saturated rings. The van der Waals surface area contributed by atoms with Crippen molar-refractivity contribution in [3.63, 3.8) is 0 Å². The Labute approximate surface area is 122 Å². The molecule has 0 saturated carbocycles. The standard InChI is InChI=1S/C12H17N3O5S/c1-8-10(13)5-6-14(8)21(18,19)12-4-3-9(15(16)17)7-11(12)20-2/h3-4,7-8,10H,5-6,13H2,1-2H3. The highest BCUT2D eigenvalue weighted by molar-refractivity contribution is 7.89. The van der Waals surface area contributed by atoms with E-state index in [0.29, 0.717) is 13.0 Å². The van der Waals surface area contributed by atoms with Crippen LogP contribution in [0, 0.1) is 10.1 Å². The zero-order valence-electron chi connectivity index (χ0n) is 11.7.